The molecule has 0 aromatic heterocycles. The van der Waals surface area contributed by atoms with Crippen molar-refractivity contribution in [3.05, 3.63) is 154 Å². The lowest BCUT2D eigenvalue weighted by molar-refractivity contribution is 0.155. The van der Waals surface area contributed by atoms with Gasteiger partial charge >= 0.3 is 0 Å². The van der Waals surface area contributed by atoms with Gasteiger partial charge < -0.3 is 0 Å². The van der Waals surface area contributed by atoms with Gasteiger partial charge in [0.25, 0.3) is 0 Å². The quantitative estimate of drug-likeness (QED) is 0.0596. The van der Waals surface area contributed by atoms with E-state index in [0.717, 1.165) is 145 Å². The molecule has 0 spiro atoms. The molecule has 0 atom stereocenters. The Kier molecular flexibility index (Phi) is 29.1. The van der Waals surface area contributed by atoms with Gasteiger partial charge in [0.2, 0.25) is 0 Å². The molecular formula is C84H118F8. The molecule has 0 bridgehead atoms. The van der Waals surface area contributed by atoms with E-state index >= 15 is 0 Å². The van der Waals surface area contributed by atoms with Gasteiger partial charge in [0.05, 0.1) is 0 Å². The Morgan fingerprint density at radius 1 is 0.283 bits per heavy atom. The molecule has 4 aromatic rings. The van der Waals surface area contributed by atoms with E-state index in [4.69, 9.17) is 0 Å². The largest absolute Gasteiger partial charge is 0.204 e. The van der Waals surface area contributed by atoms with E-state index in [1.54, 1.807) is 24.3 Å². The SMILES string of the molecule is C=CC1CCC(C2CCC(c3ccc(F)c(F)c3)CC2)CC1.CCC1CCC(C2CCC(c3ccc(F)c(F)c3)CC2)CC1.CCCC1CCC(C2CCC(c3ccc(F)c(F)c3)CC2)CC1.CCCCCC1CCC(C2CCC(c3ccc(F)c(F)c3)CC2)CC1. The lowest BCUT2D eigenvalue weighted by Crippen LogP contribution is -2.25. The average Bonchev–Trinajstić information content (AvgIpc) is 1.01. The van der Waals surface area contributed by atoms with Crippen LogP contribution in [-0.2, 0) is 0 Å². The Labute approximate surface area is 552 Å². The van der Waals surface area contributed by atoms with Crippen LogP contribution in [0.5, 0.6) is 0 Å². The summed E-state index contributed by atoms with van der Waals surface area (Å²) in [6.45, 7) is 10.8. The zero-order chi connectivity index (χ0) is 64.9. The predicted molar refractivity (Wildman–Crippen MR) is 366 cm³/mol. The molecule has 0 amide bonds. The molecule has 0 unspecified atom stereocenters. The second-order valence-corrected chi connectivity index (χ2v) is 31.1. The van der Waals surface area contributed by atoms with Crippen molar-refractivity contribution in [2.24, 2.45) is 71.0 Å². The molecule has 0 nitrogen and oxygen atoms in total. The minimum absolute atomic E-state index is 0.413. The Morgan fingerprint density at radius 2 is 0.533 bits per heavy atom. The van der Waals surface area contributed by atoms with Gasteiger partial charge in [-0.3, -0.25) is 0 Å². The Hall–Kier alpha value is -3.94. The molecule has 0 saturated heterocycles. The molecule has 8 aliphatic rings. The van der Waals surface area contributed by atoms with Crippen molar-refractivity contribution in [2.45, 2.75) is 295 Å². The first-order chi connectivity index (χ1) is 44.7. The van der Waals surface area contributed by atoms with Crippen LogP contribution in [0.3, 0.4) is 0 Å². The number of allylic oxidation sites excluding steroid dienone is 1. The van der Waals surface area contributed by atoms with Crippen LogP contribution in [0.1, 0.15) is 317 Å². The van der Waals surface area contributed by atoms with Gasteiger partial charge in [-0.25, -0.2) is 35.1 Å². The summed E-state index contributed by atoms with van der Waals surface area (Å²) in [7, 11) is 0. The molecule has 12 rings (SSSR count). The lowest BCUT2D eigenvalue weighted by atomic mass is 9.68. The van der Waals surface area contributed by atoms with Gasteiger partial charge in [0, 0.05) is 0 Å². The number of rotatable bonds is 16. The van der Waals surface area contributed by atoms with Gasteiger partial charge in [0.15, 0.2) is 46.5 Å². The van der Waals surface area contributed by atoms with Crippen LogP contribution in [0.4, 0.5) is 35.1 Å². The van der Waals surface area contributed by atoms with Crippen molar-refractivity contribution in [3.63, 3.8) is 0 Å². The summed E-state index contributed by atoms with van der Waals surface area (Å²) in [5.74, 6) is 6.76. The van der Waals surface area contributed by atoms with Crippen LogP contribution in [0, 0.1) is 118 Å². The molecule has 4 aromatic carbocycles. The van der Waals surface area contributed by atoms with Gasteiger partial charge in [-0.2, -0.15) is 0 Å². The Morgan fingerprint density at radius 3 is 0.772 bits per heavy atom. The third-order valence-corrected chi connectivity index (χ3v) is 25.7. The Bertz CT molecular complexity index is 2760. The van der Waals surface area contributed by atoms with Crippen LogP contribution in [0.25, 0.3) is 0 Å². The fourth-order valence-corrected chi connectivity index (χ4v) is 19.7. The van der Waals surface area contributed by atoms with Gasteiger partial charge in [-0.05, 0) is 332 Å². The molecule has 8 heteroatoms. The number of halogens is 8. The van der Waals surface area contributed by atoms with E-state index in [-0.39, 0.29) is 0 Å². The number of hydrogen-bond donors (Lipinski definition) is 0. The monoisotopic (exact) mass is 1280 g/mol. The van der Waals surface area contributed by atoms with E-state index in [1.807, 2.05) is 0 Å². The minimum atomic E-state index is -0.739. The minimum Gasteiger partial charge on any atom is -0.204 e. The van der Waals surface area contributed by atoms with Crippen LogP contribution in [0.2, 0.25) is 0 Å². The van der Waals surface area contributed by atoms with E-state index in [0.29, 0.717) is 23.7 Å². The average molecular weight is 1280 g/mol. The summed E-state index contributed by atoms with van der Waals surface area (Å²) in [6, 6.07) is 17.9. The van der Waals surface area contributed by atoms with Crippen molar-refractivity contribution in [1.29, 1.82) is 0 Å². The maximum atomic E-state index is 13.5. The normalized spacial score (nSPS) is 31.9. The lowest BCUT2D eigenvalue weighted by Gasteiger charge is -2.38. The van der Waals surface area contributed by atoms with E-state index in [9.17, 15) is 35.1 Å². The third kappa shape index (κ3) is 21.0. The fourth-order valence-electron chi connectivity index (χ4n) is 19.7. The molecule has 0 aliphatic heterocycles. The fraction of sp³-hybridized carbons (Fsp3) is 0.690. The standard InChI is InChI=1S/C23H34F2.C21H30F2.C20H28F2.C20H26F2/c1-2-3-4-5-17-6-8-18(9-7-17)19-10-12-20(13-11-19)21-14-15-22(24)23(25)16-21;1-2-3-15-4-6-16(7-5-15)17-8-10-18(11-9-17)19-12-13-20(22)21(23)14-19;2*1-2-14-3-5-15(6-4-14)16-7-9-17(10-8-16)18-11-12-19(21)20(22)13-18/h14-20H,2-13H2,1H3;12-18H,2-11H2,1H3;11-17H,2-10H2,1H3;2,11-17H,1,3-10H2. The second kappa shape index (κ2) is 37.0. The maximum absolute atomic E-state index is 13.5. The Balaban J connectivity index is 0.000000145. The summed E-state index contributed by atoms with van der Waals surface area (Å²) in [4.78, 5) is 0. The first-order valence-corrected chi connectivity index (χ1v) is 38.1. The van der Waals surface area contributed by atoms with Crippen molar-refractivity contribution >= 4 is 0 Å². The van der Waals surface area contributed by atoms with Gasteiger partial charge in [-0.1, -0.05) is 135 Å². The number of benzene rings is 4. The van der Waals surface area contributed by atoms with Gasteiger partial charge in [-0.15, -0.1) is 6.58 Å². The van der Waals surface area contributed by atoms with Crippen molar-refractivity contribution in [3.8, 4) is 0 Å². The summed E-state index contributed by atoms with van der Waals surface area (Å²) >= 11 is 0. The first-order valence-electron chi connectivity index (χ1n) is 38.1. The smallest absolute Gasteiger partial charge is 0.159 e. The van der Waals surface area contributed by atoms with Crippen LogP contribution < -0.4 is 0 Å². The highest BCUT2D eigenvalue weighted by Crippen LogP contribution is 2.49. The van der Waals surface area contributed by atoms with Crippen molar-refractivity contribution in [2.75, 3.05) is 0 Å². The molecule has 8 fully saturated rings. The summed E-state index contributed by atoms with van der Waals surface area (Å²) in [5.41, 5.74) is 3.96. The molecule has 0 heterocycles. The van der Waals surface area contributed by atoms with Crippen LogP contribution >= 0.6 is 0 Å². The molecular weight excluding hydrogens is 1160 g/mol. The molecule has 8 aliphatic carbocycles. The zero-order valence-corrected chi connectivity index (χ0v) is 57.1. The molecule has 0 radical (unpaired) electrons. The second-order valence-electron chi connectivity index (χ2n) is 31.1. The number of hydrogen-bond acceptors (Lipinski definition) is 0. The highest BCUT2D eigenvalue weighted by Gasteiger charge is 2.36. The molecule has 8 saturated carbocycles. The van der Waals surface area contributed by atoms with Crippen molar-refractivity contribution < 1.29 is 35.1 Å². The van der Waals surface area contributed by atoms with Crippen LogP contribution in [0.15, 0.2) is 85.5 Å². The summed E-state index contributed by atoms with van der Waals surface area (Å²) < 4.78 is 106. The maximum Gasteiger partial charge on any atom is 0.159 e. The van der Waals surface area contributed by atoms with Crippen LogP contribution in [-0.4, -0.2) is 0 Å². The molecule has 0 N–H and O–H groups in total. The zero-order valence-electron chi connectivity index (χ0n) is 57.1. The summed E-state index contributed by atoms with van der Waals surface area (Å²) in [5, 5.41) is 0. The molecule has 510 valence electrons. The van der Waals surface area contributed by atoms with E-state index in [1.165, 1.54) is 248 Å². The molecule has 92 heavy (non-hydrogen) atoms. The number of unbranched alkanes of at least 4 members (excludes halogenated alkanes) is 2. The first kappa shape index (κ1) is 72.3. The van der Waals surface area contributed by atoms with E-state index < -0.39 is 46.5 Å². The third-order valence-electron chi connectivity index (χ3n) is 25.7. The predicted octanol–water partition coefficient (Wildman–Crippen LogP) is 27.2. The highest BCUT2D eigenvalue weighted by atomic mass is 19.2. The topological polar surface area (TPSA) is 0 Å². The van der Waals surface area contributed by atoms with Crippen molar-refractivity contribution in [1.82, 2.24) is 0 Å². The van der Waals surface area contributed by atoms with E-state index in [2.05, 4.69) is 33.4 Å². The highest BCUT2D eigenvalue weighted by molar-refractivity contribution is 5.25. The summed E-state index contributed by atoms with van der Waals surface area (Å²) in [6.07, 6.45) is 53.4. The van der Waals surface area contributed by atoms with Gasteiger partial charge in [0.1, 0.15) is 0 Å².